The Morgan fingerprint density at radius 1 is 0.346 bits per heavy atom. The summed E-state index contributed by atoms with van der Waals surface area (Å²) in [7, 11) is 0. The Morgan fingerprint density at radius 2 is 0.538 bits per heavy atom. The number of carbonyl (C=O) groups is 2. The Kier molecular flexibility index (Phi) is 5.69. The average molecular weight is 338 g/mol. The zero-order valence-electron chi connectivity index (χ0n) is 14.2. The van der Waals surface area contributed by atoms with E-state index in [9.17, 15) is 9.59 Å². The minimum absolute atomic E-state index is 0.680. The molecule has 0 unspecified atom stereocenters. The van der Waals surface area contributed by atoms with Crippen LogP contribution in [0.15, 0.2) is 72.8 Å². The Balaban J connectivity index is 1.65. The molecule has 0 aliphatic heterocycles. The summed E-state index contributed by atoms with van der Waals surface area (Å²) >= 11 is 0. The largest absolute Gasteiger partial charge is 0.298 e. The number of benzene rings is 3. The van der Waals surface area contributed by atoms with E-state index in [-0.39, 0.29) is 0 Å². The van der Waals surface area contributed by atoms with E-state index in [0.717, 1.165) is 34.8 Å². The SMILES string of the molecule is O=Cc1ccc(/C=C\c2ccc(/C=C\c3ccc(C=O)cc3)cc2)cc1. The highest BCUT2D eigenvalue weighted by atomic mass is 16.1. The first kappa shape index (κ1) is 17.3. The quantitative estimate of drug-likeness (QED) is 0.430. The second kappa shape index (κ2) is 8.54. The molecular weight excluding hydrogens is 320 g/mol. The predicted octanol–water partition coefficient (Wildman–Crippen LogP) is 5.65. The first-order valence-electron chi connectivity index (χ1n) is 8.33. The van der Waals surface area contributed by atoms with Gasteiger partial charge in [-0.15, -0.1) is 0 Å². The second-order valence-corrected chi connectivity index (χ2v) is 5.90. The molecule has 126 valence electrons. The normalized spacial score (nSPS) is 11.1. The van der Waals surface area contributed by atoms with E-state index >= 15 is 0 Å². The van der Waals surface area contributed by atoms with Crippen molar-refractivity contribution in [2.24, 2.45) is 0 Å². The fourth-order valence-corrected chi connectivity index (χ4v) is 2.47. The second-order valence-electron chi connectivity index (χ2n) is 5.90. The van der Waals surface area contributed by atoms with Crippen molar-refractivity contribution in [3.63, 3.8) is 0 Å². The number of hydrogen-bond donors (Lipinski definition) is 0. The van der Waals surface area contributed by atoms with E-state index < -0.39 is 0 Å². The molecule has 2 nitrogen and oxygen atoms in total. The third-order valence-corrected chi connectivity index (χ3v) is 4.02. The lowest BCUT2D eigenvalue weighted by molar-refractivity contribution is 0.111. The summed E-state index contributed by atoms with van der Waals surface area (Å²) in [5.41, 5.74) is 5.68. The standard InChI is InChI=1S/C24H18O2/c25-17-23-13-9-21(10-14-23)7-5-19-1-2-20(4-3-19)6-8-22-11-15-24(18-26)16-12-22/h1-18H/b7-5-,8-6-. The minimum Gasteiger partial charge on any atom is -0.298 e. The smallest absolute Gasteiger partial charge is 0.150 e. The van der Waals surface area contributed by atoms with Gasteiger partial charge in [0.2, 0.25) is 0 Å². The molecular formula is C24H18O2. The average Bonchev–Trinajstić information content (AvgIpc) is 2.72. The molecule has 3 aromatic rings. The molecule has 3 aromatic carbocycles. The van der Waals surface area contributed by atoms with Gasteiger partial charge in [-0.1, -0.05) is 97.1 Å². The number of aldehydes is 2. The maximum absolute atomic E-state index is 10.7. The third-order valence-electron chi connectivity index (χ3n) is 4.02. The Labute approximate surface area is 153 Å². The van der Waals surface area contributed by atoms with Gasteiger partial charge in [0, 0.05) is 11.1 Å². The van der Waals surface area contributed by atoms with Gasteiger partial charge in [0.1, 0.15) is 12.6 Å². The highest BCUT2D eigenvalue weighted by Gasteiger charge is 1.93. The van der Waals surface area contributed by atoms with Crippen LogP contribution in [0.5, 0.6) is 0 Å². The van der Waals surface area contributed by atoms with Crippen molar-refractivity contribution in [1.29, 1.82) is 0 Å². The van der Waals surface area contributed by atoms with Crippen LogP contribution in [0.25, 0.3) is 24.3 Å². The first-order valence-corrected chi connectivity index (χ1v) is 8.33. The molecule has 0 aliphatic rings. The van der Waals surface area contributed by atoms with Gasteiger partial charge in [0.05, 0.1) is 0 Å². The van der Waals surface area contributed by atoms with Crippen molar-refractivity contribution in [2.75, 3.05) is 0 Å². The van der Waals surface area contributed by atoms with E-state index in [4.69, 9.17) is 0 Å². The first-order chi connectivity index (χ1) is 12.8. The summed E-state index contributed by atoms with van der Waals surface area (Å²) in [6.45, 7) is 0. The van der Waals surface area contributed by atoms with Gasteiger partial charge >= 0.3 is 0 Å². The molecule has 0 saturated heterocycles. The molecule has 0 fully saturated rings. The highest BCUT2D eigenvalue weighted by molar-refractivity contribution is 5.78. The van der Waals surface area contributed by atoms with Gasteiger partial charge in [0.15, 0.2) is 0 Å². The summed E-state index contributed by atoms with van der Waals surface area (Å²) in [5, 5.41) is 0. The van der Waals surface area contributed by atoms with Crippen molar-refractivity contribution in [3.8, 4) is 0 Å². The molecule has 0 spiro atoms. The van der Waals surface area contributed by atoms with Crippen molar-refractivity contribution in [3.05, 3.63) is 106 Å². The summed E-state index contributed by atoms with van der Waals surface area (Å²) in [6.07, 6.45) is 9.82. The van der Waals surface area contributed by atoms with Crippen LogP contribution in [0.4, 0.5) is 0 Å². The van der Waals surface area contributed by atoms with E-state index in [0.29, 0.717) is 11.1 Å². The van der Waals surface area contributed by atoms with Crippen molar-refractivity contribution < 1.29 is 9.59 Å². The number of hydrogen-bond acceptors (Lipinski definition) is 2. The van der Waals surface area contributed by atoms with Crippen LogP contribution in [-0.4, -0.2) is 12.6 Å². The summed E-state index contributed by atoms with van der Waals surface area (Å²) in [6, 6.07) is 23.2. The fourth-order valence-electron chi connectivity index (χ4n) is 2.47. The predicted molar refractivity (Wildman–Crippen MR) is 108 cm³/mol. The van der Waals surface area contributed by atoms with Gasteiger partial charge in [-0.2, -0.15) is 0 Å². The third kappa shape index (κ3) is 4.74. The molecule has 0 atom stereocenters. The van der Waals surface area contributed by atoms with E-state index in [1.807, 2.05) is 72.8 Å². The number of carbonyl (C=O) groups excluding carboxylic acids is 2. The lowest BCUT2D eigenvalue weighted by Crippen LogP contribution is -1.79. The van der Waals surface area contributed by atoms with Crippen LogP contribution in [-0.2, 0) is 0 Å². The van der Waals surface area contributed by atoms with Gasteiger partial charge in [-0.25, -0.2) is 0 Å². The summed E-state index contributed by atoms with van der Waals surface area (Å²) in [5.74, 6) is 0. The fraction of sp³-hybridized carbons (Fsp3) is 0. The van der Waals surface area contributed by atoms with Crippen molar-refractivity contribution in [2.45, 2.75) is 0 Å². The zero-order valence-corrected chi connectivity index (χ0v) is 14.2. The minimum atomic E-state index is 0.680. The molecule has 0 heterocycles. The van der Waals surface area contributed by atoms with Gasteiger partial charge < -0.3 is 0 Å². The maximum Gasteiger partial charge on any atom is 0.150 e. The topological polar surface area (TPSA) is 34.1 Å². The molecule has 0 radical (unpaired) electrons. The van der Waals surface area contributed by atoms with Gasteiger partial charge in [-0.05, 0) is 22.3 Å². The molecule has 2 heteroatoms. The van der Waals surface area contributed by atoms with Crippen LogP contribution in [0.3, 0.4) is 0 Å². The monoisotopic (exact) mass is 338 g/mol. The van der Waals surface area contributed by atoms with Crippen LogP contribution in [0.1, 0.15) is 43.0 Å². The van der Waals surface area contributed by atoms with Crippen LogP contribution in [0.2, 0.25) is 0 Å². The van der Waals surface area contributed by atoms with E-state index in [1.165, 1.54) is 0 Å². The molecule has 0 bridgehead atoms. The van der Waals surface area contributed by atoms with Crippen molar-refractivity contribution in [1.82, 2.24) is 0 Å². The van der Waals surface area contributed by atoms with Gasteiger partial charge in [-0.3, -0.25) is 9.59 Å². The number of rotatable bonds is 6. The molecule has 0 aliphatic carbocycles. The summed E-state index contributed by atoms with van der Waals surface area (Å²) in [4.78, 5) is 21.3. The Morgan fingerprint density at radius 3 is 0.731 bits per heavy atom. The molecule has 26 heavy (non-hydrogen) atoms. The van der Waals surface area contributed by atoms with Crippen molar-refractivity contribution >= 4 is 36.9 Å². The Bertz CT molecular complexity index is 849. The van der Waals surface area contributed by atoms with Gasteiger partial charge in [0.25, 0.3) is 0 Å². The zero-order chi connectivity index (χ0) is 18.2. The molecule has 0 saturated carbocycles. The highest BCUT2D eigenvalue weighted by Crippen LogP contribution is 2.13. The van der Waals surface area contributed by atoms with E-state index in [1.54, 1.807) is 0 Å². The van der Waals surface area contributed by atoms with Crippen LogP contribution >= 0.6 is 0 Å². The van der Waals surface area contributed by atoms with Crippen LogP contribution < -0.4 is 0 Å². The maximum atomic E-state index is 10.7. The Hall–Kier alpha value is -3.52. The molecule has 3 rings (SSSR count). The lowest BCUT2D eigenvalue weighted by Gasteiger charge is -1.98. The van der Waals surface area contributed by atoms with Crippen LogP contribution in [0, 0.1) is 0 Å². The molecule has 0 aromatic heterocycles. The summed E-state index contributed by atoms with van der Waals surface area (Å²) < 4.78 is 0. The molecule has 0 N–H and O–H groups in total. The lowest BCUT2D eigenvalue weighted by atomic mass is 10.1. The molecule has 0 amide bonds. The van der Waals surface area contributed by atoms with E-state index in [2.05, 4.69) is 24.3 Å².